The average Bonchev–Trinajstić information content (AvgIpc) is 2.98. The number of carbonyl (C=O) groups is 1. The van der Waals surface area contributed by atoms with Crippen LogP contribution < -0.4 is 5.32 Å². The van der Waals surface area contributed by atoms with Crippen LogP contribution in [0.4, 0.5) is 0 Å². The fourth-order valence-corrected chi connectivity index (χ4v) is 3.18. The van der Waals surface area contributed by atoms with Gasteiger partial charge in [0.2, 0.25) is 0 Å². The Morgan fingerprint density at radius 3 is 2.73 bits per heavy atom. The van der Waals surface area contributed by atoms with Gasteiger partial charge in [-0.1, -0.05) is 30.3 Å². The van der Waals surface area contributed by atoms with Gasteiger partial charge in [-0.3, -0.25) is 4.79 Å². The van der Waals surface area contributed by atoms with Crippen molar-refractivity contribution >= 4 is 42.1 Å². The van der Waals surface area contributed by atoms with Gasteiger partial charge in [0.05, 0.1) is 0 Å². The second kappa shape index (κ2) is 8.48. The first-order chi connectivity index (χ1) is 9.75. The van der Waals surface area contributed by atoms with Crippen molar-refractivity contribution in [3.63, 3.8) is 0 Å². The van der Waals surface area contributed by atoms with E-state index in [0.717, 1.165) is 30.2 Å². The molecule has 1 atom stereocenters. The maximum Gasteiger partial charge on any atom is 0.273 e. The molecule has 1 saturated heterocycles. The summed E-state index contributed by atoms with van der Waals surface area (Å²) < 4.78 is 0. The van der Waals surface area contributed by atoms with Crippen LogP contribution in [0.15, 0.2) is 35.7 Å². The zero-order valence-electron chi connectivity index (χ0n) is 12.2. The van der Waals surface area contributed by atoms with Crippen molar-refractivity contribution in [3.8, 4) is 10.6 Å². The molecule has 2 aromatic rings. The van der Waals surface area contributed by atoms with E-state index in [1.165, 1.54) is 11.3 Å². The normalized spacial score (nSPS) is 17.3. The molecule has 7 heteroatoms. The van der Waals surface area contributed by atoms with Crippen LogP contribution in [0, 0.1) is 0 Å². The number of carbonyl (C=O) groups excluding carboxylic acids is 1. The summed E-state index contributed by atoms with van der Waals surface area (Å²) >= 11 is 1.52. The summed E-state index contributed by atoms with van der Waals surface area (Å²) in [5, 5.41) is 6.05. The summed E-state index contributed by atoms with van der Waals surface area (Å²) in [7, 11) is 0. The molecule has 1 aromatic heterocycles. The molecule has 1 fully saturated rings. The van der Waals surface area contributed by atoms with Crippen LogP contribution in [0.1, 0.15) is 17.4 Å². The molecular weight excluding hydrogens is 341 g/mol. The average molecular weight is 360 g/mol. The number of halogens is 2. The van der Waals surface area contributed by atoms with E-state index in [4.69, 9.17) is 0 Å². The van der Waals surface area contributed by atoms with Crippen LogP contribution in [0.5, 0.6) is 0 Å². The van der Waals surface area contributed by atoms with E-state index in [1.54, 1.807) is 0 Å². The van der Waals surface area contributed by atoms with Gasteiger partial charge in [0, 0.05) is 36.6 Å². The zero-order valence-corrected chi connectivity index (χ0v) is 14.6. The highest BCUT2D eigenvalue weighted by Crippen LogP contribution is 2.24. The first kappa shape index (κ1) is 18.9. The number of rotatable bonds is 2. The Morgan fingerprint density at radius 1 is 1.32 bits per heavy atom. The molecule has 3 rings (SSSR count). The van der Waals surface area contributed by atoms with Crippen molar-refractivity contribution in [1.29, 1.82) is 0 Å². The number of benzene rings is 1. The van der Waals surface area contributed by atoms with E-state index in [0.29, 0.717) is 5.69 Å². The Bertz CT molecular complexity index is 606. The molecule has 1 unspecified atom stereocenters. The van der Waals surface area contributed by atoms with Crippen molar-refractivity contribution in [2.75, 3.05) is 19.6 Å². The smallest absolute Gasteiger partial charge is 0.273 e. The number of nitrogens with one attached hydrogen (secondary N) is 1. The largest absolute Gasteiger partial charge is 0.332 e. The lowest BCUT2D eigenvalue weighted by Crippen LogP contribution is -2.52. The number of hydrogen-bond acceptors (Lipinski definition) is 4. The summed E-state index contributed by atoms with van der Waals surface area (Å²) in [5.41, 5.74) is 1.62. The van der Waals surface area contributed by atoms with Gasteiger partial charge in [0.25, 0.3) is 5.91 Å². The van der Waals surface area contributed by atoms with Crippen LogP contribution in [0.2, 0.25) is 0 Å². The summed E-state index contributed by atoms with van der Waals surface area (Å²) in [6.07, 6.45) is 0. The molecule has 1 aliphatic heterocycles. The van der Waals surface area contributed by atoms with E-state index >= 15 is 0 Å². The summed E-state index contributed by atoms with van der Waals surface area (Å²) in [6, 6.07) is 10.2. The minimum atomic E-state index is 0. The third kappa shape index (κ3) is 3.98. The Morgan fingerprint density at radius 2 is 2.05 bits per heavy atom. The Hall–Kier alpha value is -1.14. The van der Waals surface area contributed by atoms with Crippen LogP contribution in [0.3, 0.4) is 0 Å². The van der Waals surface area contributed by atoms with Gasteiger partial charge in [-0.2, -0.15) is 0 Å². The van der Waals surface area contributed by atoms with E-state index in [9.17, 15) is 4.79 Å². The molecule has 0 bridgehead atoms. The van der Waals surface area contributed by atoms with Crippen molar-refractivity contribution in [3.05, 3.63) is 41.4 Å². The van der Waals surface area contributed by atoms with Gasteiger partial charge >= 0.3 is 0 Å². The quantitative estimate of drug-likeness (QED) is 0.895. The number of hydrogen-bond donors (Lipinski definition) is 1. The zero-order chi connectivity index (χ0) is 13.9. The van der Waals surface area contributed by atoms with E-state index in [2.05, 4.69) is 17.2 Å². The maximum atomic E-state index is 12.5. The number of amides is 1. The molecule has 0 radical (unpaired) electrons. The lowest BCUT2D eigenvalue weighted by molar-refractivity contribution is 0.0650. The summed E-state index contributed by atoms with van der Waals surface area (Å²) in [5.74, 6) is 0.0393. The fourth-order valence-electron chi connectivity index (χ4n) is 2.38. The highest BCUT2D eigenvalue weighted by molar-refractivity contribution is 7.13. The molecule has 1 N–H and O–H groups in total. The van der Waals surface area contributed by atoms with Crippen LogP contribution >= 0.6 is 36.2 Å². The minimum absolute atomic E-state index is 0. The van der Waals surface area contributed by atoms with E-state index in [-0.39, 0.29) is 36.8 Å². The molecule has 1 amide bonds. The SMILES string of the molecule is CC1CNCCN1C(=O)c1csc(-c2ccccc2)n1.Cl.Cl. The summed E-state index contributed by atoms with van der Waals surface area (Å²) in [6.45, 7) is 4.51. The predicted octanol–water partition coefficient (Wildman–Crippen LogP) is 3.09. The molecule has 1 aliphatic rings. The maximum absolute atomic E-state index is 12.5. The first-order valence-electron chi connectivity index (χ1n) is 6.78. The molecule has 120 valence electrons. The monoisotopic (exact) mass is 359 g/mol. The van der Waals surface area contributed by atoms with Crippen molar-refractivity contribution < 1.29 is 4.79 Å². The number of piperazine rings is 1. The van der Waals surface area contributed by atoms with E-state index in [1.807, 2.05) is 40.6 Å². The highest BCUT2D eigenvalue weighted by atomic mass is 35.5. The molecule has 4 nitrogen and oxygen atoms in total. The Labute approximate surface area is 146 Å². The molecule has 0 saturated carbocycles. The summed E-state index contributed by atoms with van der Waals surface area (Å²) in [4.78, 5) is 18.9. The van der Waals surface area contributed by atoms with Gasteiger partial charge in [0.15, 0.2) is 0 Å². The highest BCUT2D eigenvalue weighted by Gasteiger charge is 2.25. The first-order valence-corrected chi connectivity index (χ1v) is 7.66. The molecular formula is C15H19Cl2N3OS. The van der Waals surface area contributed by atoms with Crippen molar-refractivity contribution in [2.24, 2.45) is 0 Å². The standard InChI is InChI=1S/C15H17N3OS.2ClH/c1-11-9-16-7-8-18(11)15(19)13-10-20-14(17-13)12-5-3-2-4-6-12;;/h2-6,10-11,16H,7-9H2,1H3;2*1H. The van der Waals surface area contributed by atoms with E-state index < -0.39 is 0 Å². The van der Waals surface area contributed by atoms with Crippen molar-refractivity contribution in [2.45, 2.75) is 13.0 Å². The molecule has 2 heterocycles. The Kier molecular flexibility index (Phi) is 7.29. The Balaban J connectivity index is 0.00000121. The second-order valence-corrected chi connectivity index (χ2v) is 5.81. The van der Waals surface area contributed by atoms with Crippen molar-refractivity contribution in [1.82, 2.24) is 15.2 Å². The van der Waals surface area contributed by atoms with Gasteiger partial charge in [-0.05, 0) is 6.92 Å². The van der Waals surface area contributed by atoms with Crippen LogP contribution in [-0.2, 0) is 0 Å². The van der Waals surface area contributed by atoms with Crippen LogP contribution in [-0.4, -0.2) is 41.5 Å². The van der Waals surface area contributed by atoms with Gasteiger partial charge in [-0.25, -0.2) is 4.98 Å². The third-order valence-corrected chi connectivity index (χ3v) is 4.40. The molecule has 1 aromatic carbocycles. The lowest BCUT2D eigenvalue weighted by atomic mass is 10.2. The third-order valence-electron chi connectivity index (χ3n) is 3.51. The van der Waals surface area contributed by atoms with Gasteiger partial charge in [0.1, 0.15) is 10.7 Å². The molecule has 22 heavy (non-hydrogen) atoms. The number of aromatic nitrogens is 1. The molecule has 0 aliphatic carbocycles. The number of nitrogens with zero attached hydrogens (tertiary/aromatic N) is 2. The second-order valence-electron chi connectivity index (χ2n) is 4.96. The fraction of sp³-hybridized carbons (Fsp3) is 0.333. The topological polar surface area (TPSA) is 45.2 Å². The minimum Gasteiger partial charge on any atom is -0.332 e. The van der Waals surface area contributed by atoms with Gasteiger partial charge < -0.3 is 10.2 Å². The predicted molar refractivity (Wildman–Crippen MR) is 95.4 cm³/mol. The number of thiazole rings is 1. The molecule has 0 spiro atoms. The van der Waals surface area contributed by atoms with Crippen LogP contribution in [0.25, 0.3) is 10.6 Å². The lowest BCUT2D eigenvalue weighted by Gasteiger charge is -2.33. The van der Waals surface area contributed by atoms with Gasteiger partial charge in [-0.15, -0.1) is 36.2 Å².